The van der Waals surface area contributed by atoms with Gasteiger partial charge in [0.15, 0.2) is 0 Å². The Labute approximate surface area is 180 Å². The second-order valence-electron chi connectivity index (χ2n) is 11.1. The molecule has 2 rings (SSSR count). The summed E-state index contributed by atoms with van der Waals surface area (Å²) >= 11 is 0. The Balaban J connectivity index is 2.46. The van der Waals surface area contributed by atoms with Crippen LogP contribution in [-0.2, 0) is 14.3 Å². The number of aliphatic carboxylic acids is 1. The van der Waals surface area contributed by atoms with E-state index in [1.54, 1.807) is 20.8 Å². The smallest absolute Gasteiger partial charge is 0.408 e. The number of carboxylic acid groups (broad SMARTS) is 1. The summed E-state index contributed by atoms with van der Waals surface area (Å²) in [4.78, 5) is 38.5. The highest BCUT2D eigenvalue weighted by Crippen LogP contribution is 2.46. The average molecular weight is 435 g/mol. The maximum absolute atomic E-state index is 12.8. The predicted octanol–water partition coefficient (Wildman–Crippen LogP) is 3.38. The number of nitrogens with one attached hydrogen (secondary N) is 1. The van der Waals surface area contributed by atoms with Crippen molar-refractivity contribution in [2.75, 3.05) is 0 Å². The summed E-state index contributed by atoms with van der Waals surface area (Å²) in [6.45, 7) is 17.6. The number of hydrogen-bond acceptors (Lipinski definition) is 4. The maximum Gasteiger partial charge on any atom is 0.408 e. The number of nitrogens with zero attached hydrogens (tertiary/aromatic N) is 1. The van der Waals surface area contributed by atoms with Crippen LogP contribution in [0.4, 0.5) is 4.79 Å². The molecule has 1 fully saturated rings. The molecule has 0 aromatic rings. The molecular weight excluding hydrogens is 400 g/mol. The number of carbonyl (C=O) groups is 3. The molecule has 2 aliphatic rings. The molecule has 0 aromatic carbocycles. The first-order chi connectivity index (χ1) is 13.4. The van der Waals surface area contributed by atoms with Crippen LogP contribution in [-0.4, -0.2) is 53.7 Å². The van der Waals surface area contributed by atoms with Gasteiger partial charge in [-0.2, -0.15) is 0 Å². The molecule has 30 heavy (non-hydrogen) atoms. The minimum atomic E-state index is -1.76. The second kappa shape index (κ2) is 7.77. The Kier molecular flexibility index (Phi) is 6.21. The van der Waals surface area contributed by atoms with Gasteiger partial charge in [0.25, 0.3) is 5.91 Å². The molecular formula is C22H34N2O5Si. The fraction of sp³-hybridized carbons (Fsp3) is 0.682. The van der Waals surface area contributed by atoms with Gasteiger partial charge < -0.3 is 15.2 Å². The van der Waals surface area contributed by atoms with E-state index in [0.717, 1.165) is 0 Å². The van der Waals surface area contributed by atoms with Crippen LogP contribution in [0.2, 0.25) is 19.6 Å². The third-order valence-corrected chi connectivity index (χ3v) is 5.91. The molecule has 2 heterocycles. The largest absolute Gasteiger partial charge is 0.477 e. The Hall–Kier alpha value is -2.27. The molecule has 3 atom stereocenters. The molecule has 8 heteroatoms. The van der Waals surface area contributed by atoms with Crippen molar-refractivity contribution in [1.82, 2.24) is 10.2 Å². The number of rotatable bonds is 2. The lowest BCUT2D eigenvalue weighted by atomic mass is 9.67. The highest BCUT2D eigenvalue weighted by molar-refractivity contribution is 6.83. The van der Waals surface area contributed by atoms with Crippen LogP contribution in [0.5, 0.6) is 0 Å². The standard InChI is InChI=1S/C22H34N2O5Si/c1-21(2,3)14-12-15-16(23-20(28)29-22(4,5)6)18(25)24(15)17(19(26)27)13(14)10-11-30(7,8)9/h14-16H,12H2,1-9H3,(H,23,28)(H,26,27)/t14?,15-,16+/m1/s1. The van der Waals surface area contributed by atoms with Gasteiger partial charge in [-0.1, -0.05) is 46.3 Å². The summed E-state index contributed by atoms with van der Waals surface area (Å²) < 4.78 is 5.27. The van der Waals surface area contributed by atoms with Gasteiger partial charge in [-0.3, -0.25) is 9.69 Å². The van der Waals surface area contributed by atoms with Crippen LogP contribution in [0.15, 0.2) is 11.3 Å². The number of amides is 2. The quantitative estimate of drug-likeness (QED) is 0.395. The van der Waals surface area contributed by atoms with Gasteiger partial charge in [-0.05, 0) is 32.6 Å². The SMILES string of the molecule is CC(C)(C)OC(=O)N[C@@H]1C(=O)N2C(C(=O)O)=C(C#C[Si](C)(C)C)C(C(C)(C)C)C[C@H]12. The van der Waals surface area contributed by atoms with E-state index in [1.807, 2.05) is 20.8 Å². The summed E-state index contributed by atoms with van der Waals surface area (Å²) in [5, 5.41) is 12.6. The third-order valence-electron chi connectivity index (χ3n) is 5.03. The zero-order valence-electron chi connectivity index (χ0n) is 19.5. The Bertz CT molecular complexity index is 846. The van der Waals surface area contributed by atoms with Crippen molar-refractivity contribution in [3.63, 3.8) is 0 Å². The van der Waals surface area contributed by atoms with Crippen molar-refractivity contribution in [1.29, 1.82) is 0 Å². The van der Waals surface area contributed by atoms with E-state index in [-0.39, 0.29) is 17.0 Å². The molecule has 0 bridgehead atoms. The van der Waals surface area contributed by atoms with Crippen molar-refractivity contribution in [2.24, 2.45) is 11.3 Å². The Morgan fingerprint density at radius 2 is 1.73 bits per heavy atom. The Morgan fingerprint density at radius 1 is 1.17 bits per heavy atom. The van der Waals surface area contributed by atoms with Crippen LogP contribution in [0, 0.1) is 22.8 Å². The van der Waals surface area contributed by atoms with E-state index in [2.05, 4.69) is 36.4 Å². The highest BCUT2D eigenvalue weighted by Gasteiger charge is 2.57. The topological polar surface area (TPSA) is 95.9 Å². The number of hydrogen-bond donors (Lipinski definition) is 2. The summed E-state index contributed by atoms with van der Waals surface area (Å²) in [5.41, 5.74) is 2.77. The lowest BCUT2D eigenvalue weighted by molar-refractivity contribution is -0.155. The van der Waals surface area contributed by atoms with Crippen molar-refractivity contribution in [3.8, 4) is 11.5 Å². The number of carboxylic acids is 1. The fourth-order valence-corrected chi connectivity index (χ4v) is 4.22. The van der Waals surface area contributed by atoms with Crippen LogP contribution in [0.1, 0.15) is 48.0 Å². The van der Waals surface area contributed by atoms with Gasteiger partial charge in [0.1, 0.15) is 25.4 Å². The predicted molar refractivity (Wildman–Crippen MR) is 117 cm³/mol. The first-order valence-corrected chi connectivity index (χ1v) is 13.8. The number of β-lactam (4-membered cyclic amide) rings is 1. The zero-order chi connectivity index (χ0) is 23.2. The number of alkyl carbamates (subject to hydrolysis) is 1. The van der Waals surface area contributed by atoms with Gasteiger partial charge >= 0.3 is 12.1 Å². The first kappa shape index (κ1) is 24.0. The second-order valence-corrected chi connectivity index (χ2v) is 15.9. The summed E-state index contributed by atoms with van der Waals surface area (Å²) in [6, 6.07) is -1.23. The van der Waals surface area contributed by atoms with Gasteiger partial charge in [-0.15, -0.1) is 5.54 Å². The monoisotopic (exact) mass is 434 g/mol. The molecule has 0 aromatic heterocycles. The number of carbonyl (C=O) groups excluding carboxylic acids is 2. The minimum Gasteiger partial charge on any atom is -0.477 e. The fourth-order valence-electron chi connectivity index (χ4n) is 3.71. The summed E-state index contributed by atoms with van der Waals surface area (Å²) in [7, 11) is -1.76. The number of fused-ring (bicyclic) bond motifs is 1. The maximum atomic E-state index is 12.8. The minimum absolute atomic E-state index is 0.0517. The van der Waals surface area contributed by atoms with Gasteiger partial charge in [0.2, 0.25) is 0 Å². The van der Waals surface area contributed by atoms with Gasteiger partial charge in [0.05, 0.1) is 6.04 Å². The first-order valence-electron chi connectivity index (χ1n) is 10.3. The van der Waals surface area contributed by atoms with Crippen LogP contribution < -0.4 is 5.32 Å². The molecule has 0 saturated carbocycles. The molecule has 0 aliphatic carbocycles. The Morgan fingerprint density at radius 3 is 2.17 bits per heavy atom. The van der Waals surface area contributed by atoms with E-state index in [9.17, 15) is 19.5 Å². The van der Waals surface area contributed by atoms with Crippen molar-refractivity contribution in [3.05, 3.63) is 11.3 Å². The molecule has 2 amide bonds. The van der Waals surface area contributed by atoms with E-state index in [1.165, 1.54) is 4.90 Å². The van der Waals surface area contributed by atoms with Crippen molar-refractivity contribution in [2.45, 2.75) is 85.3 Å². The van der Waals surface area contributed by atoms with E-state index >= 15 is 0 Å². The molecule has 166 valence electrons. The average Bonchev–Trinajstić information content (AvgIpc) is 2.52. The van der Waals surface area contributed by atoms with E-state index in [0.29, 0.717) is 12.0 Å². The van der Waals surface area contributed by atoms with Crippen molar-refractivity contribution < 1.29 is 24.2 Å². The van der Waals surface area contributed by atoms with Gasteiger partial charge in [-0.25, -0.2) is 9.59 Å². The third kappa shape index (κ3) is 5.25. The van der Waals surface area contributed by atoms with Gasteiger partial charge in [0, 0.05) is 11.5 Å². The van der Waals surface area contributed by atoms with Crippen molar-refractivity contribution >= 4 is 26.0 Å². The van der Waals surface area contributed by atoms with Crippen LogP contribution in [0.25, 0.3) is 0 Å². The summed E-state index contributed by atoms with van der Waals surface area (Å²) in [6.07, 6.45) is -0.152. The molecule has 0 spiro atoms. The molecule has 1 saturated heterocycles. The molecule has 2 N–H and O–H groups in total. The normalized spacial score (nSPS) is 24.4. The lowest BCUT2D eigenvalue weighted by Gasteiger charge is -2.53. The highest BCUT2D eigenvalue weighted by atomic mass is 28.3. The summed E-state index contributed by atoms with van der Waals surface area (Å²) in [5.74, 6) is 1.39. The van der Waals surface area contributed by atoms with Crippen LogP contribution >= 0.6 is 0 Å². The zero-order valence-corrected chi connectivity index (χ0v) is 20.5. The molecule has 0 radical (unpaired) electrons. The molecule has 1 unspecified atom stereocenters. The van der Waals surface area contributed by atoms with E-state index < -0.39 is 43.7 Å². The molecule has 2 aliphatic heterocycles. The van der Waals surface area contributed by atoms with E-state index in [4.69, 9.17) is 4.74 Å². The van der Waals surface area contributed by atoms with Crippen LogP contribution in [0.3, 0.4) is 0 Å². The number of allylic oxidation sites excluding steroid dienone is 1. The number of ether oxygens (including phenoxy) is 1. The molecule has 7 nitrogen and oxygen atoms in total. The lowest BCUT2D eigenvalue weighted by Crippen LogP contribution is -2.73.